The first-order valence-electron chi connectivity index (χ1n) is 5.38. The fraction of sp³-hybridized carbons (Fsp3) is 0.250. The fourth-order valence-corrected chi connectivity index (χ4v) is 1.60. The monoisotopic (exact) mass is 248 g/mol. The Bertz CT molecular complexity index is 591. The summed E-state index contributed by atoms with van der Waals surface area (Å²) in [5, 5.41) is 0. The lowest BCUT2D eigenvalue weighted by molar-refractivity contribution is -0.162. The molecular weight excluding hydrogens is 236 g/mol. The molecule has 0 aliphatic rings. The van der Waals surface area contributed by atoms with Crippen LogP contribution >= 0.6 is 0 Å². The number of fused-ring (bicyclic) bond motifs is 1. The molecule has 1 aromatic heterocycles. The maximum atomic E-state index is 11.9. The van der Waals surface area contributed by atoms with Crippen molar-refractivity contribution in [3.05, 3.63) is 30.1 Å². The predicted octanol–water partition coefficient (Wildman–Crippen LogP) is 1.63. The molecule has 1 aromatic carbocycles. The molecule has 1 heterocycles. The van der Waals surface area contributed by atoms with Crippen LogP contribution in [0, 0.1) is 0 Å². The SMILES string of the molecule is CC(=O)OC(C)OC(=O)c1cccc2[nH]cnc12. The molecule has 18 heavy (non-hydrogen) atoms. The topological polar surface area (TPSA) is 81.3 Å². The summed E-state index contributed by atoms with van der Waals surface area (Å²) in [6, 6.07) is 5.12. The van der Waals surface area contributed by atoms with Crippen LogP contribution in [0.15, 0.2) is 24.5 Å². The highest BCUT2D eigenvalue weighted by atomic mass is 16.7. The van der Waals surface area contributed by atoms with Gasteiger partial charge >= 0.3 is 11.9 Å². The van der Waals surface area contributed by atoms with E-state index in [9.17, 15) is 9.59 Å². The molecule has 2 rings (SSSR count). The Morgan fingerprint density at radius 1 is 1.33 bits per heavy atom. The van der Waals surface area contributed by atoms with Crippen molar-refractivity contribution in [2.45, 2.75) is 20.1 Å². The smallest absolute Gasteiger partial charge is 0.343 e. The van der Waals surface area contributed by atoms with Gasteiger partial charge < -0.3 is 14.5 Å². The van der Waals surface area contributed by atoms with Crippen molar-refractivity contribution in [3.63, 3.8) is 0 Å². The number of rotatable bonds is 3. The lowest BCUT2D eigenvalue weighted by Crippen LogP contribution is -2.20. The summed E-state index contributed by atoms with van der Waals surface area (Å²) in [6.07, 6.45) is 0.570. The van der Waals surface area contributed by atoms with Crippen molar-refractivity contribution in [1.29, 1.82) is 0 Å². The molecule has 0 saturated carbocycles. The van der Waals surface area contributed by atoms with Crippen LogP contribution in [0.2, 0.25) is 0 Å². The molecule has 6 nitrogen and oxygen atoms in total. The van der Waals surface area contributed by atoms with Crippen molar-refractivity contribution >= 4 is 23.0 Å². The number of nitrogens with one attached hydrogen (secondary N) is 1. The van der Waals surface area contributed by atoms with Crippen molar-refractivity contribution in [1.82, 2.24) is 9.97 Å². The lowest BCUT2D eigenvalue weighted by atomic mass is 10.2. The minimum Gasteiger partial charge on any atom is -0.426 e. The second-order valence-corrected chi connectivity index (χ2v) is 3.69. The van der Waals surface area contributed by atoms with E-state index in [1.54, 1.807) is 18.2 Å². The maximum Gasteiger partial charge on any atom is 0.343 e. The van der Waals surface area contributed by atoms with Crippen molar-refractivity contribution < 1.29 is 19.1 Å². The molecule has 1 atom stereocenters. The number of aromatic amines is 1. The minimum atomic E-state index is -0.927. The first-order chi connectivity index (χ1) is 8.58. The van der Waals surface area contributed by atoms with E-state index in [-0.39, 0.29) is 0 Å². The summed E-state index contributed by atoms with van der Waals surface area (Å²) >= 11 is 0. The van der Waals surface area contributed by atoms with E-state index < -0.39 is 18.2 Å². The van der Waals surface area contributed by atoms with Gasteiger partial charge in [0.25, 0.3) is 0 Å². The zero-order chi connectivity index (χ0) is 13.1. The zero-order valence-electron chi connectivity index (χ0n) is 9.97. The van der Waals surface area contributed by atoms with E-state index in [1.165, 1.54) is 20.2 Å². The third-order valence-corrected chi connectivity index (χ3v) is 2.27. The molecule has 0 radical (unpaired) electrons. The Morgan fingerprint density at radius 3 is 2.83 bits per heavy atom. The molecular formula is C12H12N2O4. The molecule has 6 heteroatoms. The van der Waals surface area contributed by atoms with Gasteiger partial charge in [0.05, 0.1) is 17.4 Å². The van der Waals surface area contributed by atoms with E-state index in [1.807, 2.05) is 0 Å². The molecule has 0 spiro atoms. The third-order valence-electron chi connectivity index (χ3n) is 2.27. The second kappa shape index (κ2) is 4.87. The molecule has 0 bridgehead atoms. The van der Waals surface area contributed by atoms with Crippen LogP contribution in [0.25, 0.3) is 11.0 Å². The quantitative estimate of drug-likeness (QED) is 0.659. The van der Waals surface area contributed by atoms with Gasteiger partial charge in [-0.05, 0) is 12.1 Å². The Labute approximate surface area is 103 Å². The number of H-pyrrole nitrogens is 1. The highest BCUT2D eigenvalue weighted by molar-refractivity contribution is 6.01. The molecule has 1 unspecified atom stereocenters. The van der Waals surface area contributed by atoms with Gasteiger partial charge in [-0.1, -0.05) is 6.07 Å². The van der Waals surface area contributed by atoms with Gasteiger partial charge in [-0.15, -0.1) is 0 Å². The number of aromatic nitrogens is 2. The van der Waals surface area contributed by atoms with Crippen molar-refractivity contribution in [2.75, 3.05) is 0 Å². The number of esters is 2. The van der Waals surface area contributed by atoms with Crippen LogP contribution in [-0.4, -0.2) is 28.2 Å². The van der Waals surface area contributed by atoms with Gasteiger partial charge in [0, 0.05) is 13.8 Å². The molecule has 1 N–H and O–H groups in total. The van der Waals surface area contributed by atoms with Gasteiger partial charge in [-0.25, -0.2) is 9.78 Å². The third kappa shape index (κ3) is 2.48. The number of ether oxygens (including phenoxy) is 2. The molecule has 0 amide bonds. The van der Waals surface area contributed by atoms with E-state index in [2.05, 4.69) is 9.97 Å². The van der Waals surface area contributed by atoms with Crippen LogP contribution in [0.4, 0.5) is 0 Å². The molecule has 94 valence electrons. The van der Waals surface area contributed by atoms with Gasteiger partial charge in [0.1, 0.15) is 5.52 Å². The first kappa shape index (κ1) is 12.1. The van der Waals surface area contributed by atoms with Crippen LogP contribution in [0.3, 0.4) is 0 Å². The fourth-order valence-electron chi connectivity index (χ4n) is 1.60. The number of nitrogens with zero attached hydrogens (tertiary/aromatic N) is 1. The first-order valence-corrected chi connectivity index (χ1v) is 5.38. The van der Waals surface area contributed by atoms with E-state index in [4.69, 9.17) is 9.47 Å². The number of hydrogen-bond donors (Lipinski definition) is 1. The summed E-state index contributed by atoms with van der Waals surface area (Å²) < 4.78 is 9.71. The van der Waals surface area contributed by atoms with E-state index in [0.717, 1.165) is 5.52 Å². The number of carbonyl (C=O) groups excluding carboxylic acids is 2. The summed E-state index contributed by atoms with van der Waals surface area (Å²) in [5.74, 6) is -1.09. The van der Waals surface area contributed by atoms with E-state index in [0.29, 0.717) is 11.1 Å². The zero-order valence-corrected chi connectivity index (χ0v) is 9.97. The van der Waals surface area contributed by atoms with Crippen LogP contribution in [0.5, 0.6) is 0 Å². The number of benzene rings is 1. The van der Waals surface area contributed by atoms with Gasteiger partial charge in [-0.3, -0.25) is 4.79 Å². The highest BCUT2D eigenvalue weighted by Crippen LogP contribution is 2.16. The second-order valence-electron chi connectivity index (χ2n) is 3.69. The van der Waals surface area contributed by atoms with Gasteiger partial charge in [0.2, 0.25) is 6.29 Å². The van der Waals surface area contributed by atoms with Crippen LogP contribution in [0.1, 0.15) is 24.2 Å². The molecule has 0 aliphatic carbocycles. The Hall–Kier alpha value is -2.37. The van der Waals surface area contributed by atoms with Crippen molar-refractivity contribution in [2.24, 2.45) is 0 Å². The summed E-state index contributed by atoms with van der Waals surface area (Å²) in [5.41, 5.74) is 1.59. The molecule has 0 fully saturated rings. The Morgan fingerprint density at radius 2 is 2.11 bits per heavy atom. The highest BCUT2D eigenvalue weighted by Gasteiger charge is 2.17. The van der Waals surface area contributed by atoms with Gasteiger partial charge in [-0.2, -0.15) is 0 Å². The summed E-state index contributed by atoms with van der Waals surface area (Å²) in [7, 11) is 0. The average molecular weight is 248 g/mol. The average Bonchev–Trinajstić information content (AvgIpc) is 2.74. The molecule has 2 aromatic rings. The maximum absolute atomic E-state index is 11.9. The van der Waals surface area contributed by atoms with Gasteiger partial charge in [0.15, 0.2) is 0 Å². The molecule has 0 aliphatic heterocycles. The standard InChI is InChI=1S/C12H12N2O4/c1-7(15)17-8(2)18-12(16)9-4-3-5-10-11(9)14-6-13-10/h3-6,8H,1-2H3,(H,13,14). The minimum absolute atomic E-state index is 0.327. The lowest BCUT2D eigenvalue weighted by Gasteiger charge is -2.12. The normalized spacial score (nSPS) is 12.1. The number of carbonyl (C=O) groups is 2. The molecule has 0 saturated heterocycles. The number of hydrogen-bond acceptors (Lipinski definition) is 5. The largest absolute Gasteiger partial charge is 0.426 e. The van der Waals surface area contributed by atoms with Crippen molar-refractivity contribution in [3.8, 4) is 0 Å². The van der Waals surface area contributed by atoms with E-state index >= 15 is 0 Å². The number of imidazole rings is 1. The predicted molar refractivity (Wildman–Crippen MR) is 62.7 cm³/mol. The summed E-state index contributed by atoms with van der Waals surface area (Å²) in [6.45, 7) is 2.72. The Kier molecular flexibility index (Phi) is 3.27. The summed E-state index contributed by atoms with van der Waals surface area (Å²) in [4.78, 5) is 29.5. The number of para-hydroxylation sites is 1. The van der Waals surface area contributed by atoms with Crippen LogP contribution < -0.4 is 0 Å². The van der Waals surface area contributed by atoms with Crippen LogP contribution in [-0.2, 0) is 14.3 Å². The Balaban J connectivity index is 2.18.